The van der Waals surface area contributed by atoms with Crippen molar-refractivity contribution in [2.24, 2.45) is 5.73 Å². The van der Waals surface area contributed by atoms with Gasteiger partial charge < -0.3 is 20.1 Å². The van der Waals surface area contributed by atoms with Crippen LogP contribution in [0.2, 0.25) is 0 Å². The number of unbranched alkanes of at least 4 members (excludes halogenated alkanes) is 20. The zero-order chi connectivity index (χ0) is 40.3. The molecule has 0 aliphatic heterocycles. The minimum absolute atomic E-state index is 0.0473. The molecule has 9 nitrogen and oxygen atoms in total. The van der Waals surface area contributed by atoms with Gasteiger partial charge in [0.05, 0.1) is 13.2 Å². The summed E-state index contributed by atoms with van der Waals surface area (Å²) < 4.78 is 32.8. The summed E-state index contributed by atoms with van der Waals surface area (Å²) >= 11 is 0. The molecule has 0 aromatic heterocycles. The number of hydrogen-bond acceptors (Lipinski definition) is 8. The average molecular weight is 796 g/mol. The van der Waals surface area contributed by atoms with Crippen molar-refractivity contribution in [3.63, 3.8) is 0 Å². The molecule has 0 spiro atoms. The molecular formula is C45H82NO8P. The van der Waals surface area contributed by atoms with Crippen molar-refractivity contribution in [1.29, 1.82) is 0 Å². The van der Waals surface area contributed by atoms with Crippen LogP contribution >= 0.6 is 7.82 Å². The minimum atomic E-state index is -4.39. The summed E-state index contributed by atoms with van der Waals surface area (Å²) in [4.78, 5) is 34.9. The Bertz CT molecular complexity index is 1040. The third-order valence-electron chi connectivity index (χ3n) is 9.22. The number of rotatable bonds is 41. The SMILES string of the molecule is CCCCCC=CCC=CCC=CCC=CCCCCCC(=O)O[C@H](COC(=O)CCCCCCCCCCCCCCCCC)COP(=O)(O)OCCN. The van der Waals surface area contributed by atoms with Crippen molar-refractivity contribution in [3.8, 4) is 0 Å². The van der Waals surface area contributed by atoms with Crippen LogP contribution in [0.15, 0.2) is 48.6 Å². The second-order valence-electron chi connectivity index (χ2n) is 14.6. The molecule has 320 valence electrons. The molecule has 3 N–H and O–H groups in total. The van der Waals surface area contributed by atoms with E-state index < -0.39 is 26.5 Å². The van der Waals surface area contributed by atoms with Gasteiger partial charge in [-0.25, -0.2) is 4.57 Å². The molecule has 0 aromatic carbocycles. The van der Waals surface area contributed by atoms with E-state index >= 15 is 0 Å². The van der Waals surface area contributed by atoms with E-state index in [-0.39, 0.29) is 38.6 Å². The van der Waals surface area contributed by atoms with Crippen LogP contribution in [0.3, 0.4) is 0 Å². The molecular weight excluding hydrogens is 713 g/mol. The number of esters is 2. The lowest BCUT2D eigenvalue weighted by Gasteiger charge is -2.19. The van der Waals surface area contributed by atoms with Crippen molar-refractivity contribution in [1.82, 2.24) is 0 Å². The highest BCUT2D eigenvalue weighted by atomic mass is 31.2. The maximum atomic E-state index is 12.6. The van der Waals surface area contributed by atoms with E-state index in [2.05, 4.69) is 62.5 Å². The Labute approximate surface area is 336 Å². The predicted octanol–water partition coefficient (Wildman–Crippen LogP) is 12.7. The molecule has 0 fully saturated rings. The van der Waals surface area contributed by atoms with Crippen LogP contribution in [-0.2, 0) is 32.7 Å². The lowest BCUT2D eigenvalue weighted by atomic mass is 10.0. The normalized spacial score (nSPS) is 13.7. The van der Waals surface area contributed by atoms with Gasteiger partial charge in [0.15, 0.2) is 6.10 Å². The monoisotopic (exact) mass is 796 g/mol. The first-order valence-corrected chi connectivity index (χ1v) is 23.6. The summed E-state index contributed by atoms with van der Waals surface area (Å²) in [6.45, 7) is 3.67. The Morgan fingerprint density at radius 2 is 0.945 bits per heavy atom. The minimum Gasteiger partial charge on any atom is -0.462 e. The molecule has 55 heavy (non-hydrogen) atoms. The van der Waals surface area contributed by atoms with Crippen LogP contribution in [0.5, 0.6) is 0 Å². The van der Waals surface area contributed by atoms with E-state index in [9.17, 15) is 19.0 Å². The summed E-state index contributed by atoms with van der Waals surface area (Å²) in [6.07, 6.45) is 47.1. The van der Waals surface area contributed by atoms with Crippen LogP contribution in [0.1, 0.15) is 194 Å². The van der Waals surface area contributed by atoms with Gasteiger partial charge in [0.1, 0.15) is 6.61 Å². The third-order valence-corrected chi connectivity index (χ3v) is 10.2. The number of hydrogen-bond donors (Lipinski definition) is 2. The number of carbonyl (C=O) groups excluding carboxylic acids is 2. The molecule has 10 heteroatoms. The molecule has 0 aromatic rings. The second kappa shape index (κ2) is 41.6. The Hall–Kier alpha value is -2.03. The van der Waals surface area contributed by atoms with Crippen molar-refractivity contribution < 1.29 is 37.6 Å². The summed E-state index contributed by atoms with van der Waals surface area (Å²) in [6, 6.07) is 0. The Morgan fingerprint density at radius 3 is 1.44 bits per heavy atom. The fraction of sp³-hybridized carbons (Fsp3) is 0.778. The quantitative estimate of drug-likeness (QED) is 0.0268. The lowest BCUT2D eigenvalue weighted by Crippen LogP contribution is -2.29. The standard InChI is InChI=1S/C45H82NO8P/c1-3-5-7-9-11-13-15-17-19-20-21-22-24-26-28-30-32-34-36-38-45(48)54-43(42-53-55(49,50)52-40-39-46)41-51-44(47)37-35-33-31-29-27-25-23-18-16-14-12-10-8-6-4-2/h11,13,17,19,21-22,26,28,43H,3-10,12,14-16,18,20,23-25,27,29-42,46H2,1-2H3,(H,49,50)/t43-/m1/s1. The maximum Gasteiger partial charge on any atom is 0.472 e. The summed E-state index contributed by atoms with van der Waals surface area (Å²) in [5, 5.41) is 0. The van der Waals surface area contributed by atoms with Crippen molar-refractivity contribution in [2.75, 3.05) is 26.4 Å². The number of allylic oxidation sites excluding steroid dienone is 8. The highest BCUT2D eigenvalue weighted by molar-refractivity contribution is 7.47. The number of phosphoric ester groups is 1. The van der Waals surface area contributed by atoms with E-state index in [1.807, 2.05) is 0 Å². The predicted molar refractivity (Wildman–Crippen MR) is 229 cm³/mol. The van der Waals surface area contributed by atoms with Gasteiger partial charge in [-0.05, 0) is 57.8 Å². The first-order valence-electron chi connectivity index (χ1n) is 22.1. The van der Waals surface area contributed by atoms with Crippen LogP contribution in [-0.4, -0.2) is 49.3 Å². The van der Waals surface area contributed by atoms with E-state index in [1.165, 1.54) is 103 Å². The number of ether oxygens (including phenoxy) is 2. The third kappa shape index (κ3) is 41.4. The molecule has 0 rings (SSSR count). The van der Waals surface area contributed by atoms with Gasteiger partial charge in [0.2, 0.25) is 0 Å². The summed E-state index contributed by atoms with van der Waals surface area (Å²) in [5.74, 6) is -0.861. The maximum absolute atomic E-state index is 12.6. The Balaban J connectivity index is 4.21. The zero-order valence-electron chi connectivity index (χ0n) is 35.2. The van der Waals surface area contributed by atoms with Crippen molar-refractivity contribution >= 4 is 19.8 Å². The first kappa shape index (κ1) is 53.0. The molecule has 0 amide bonds. The molecule has 0 saturated heterocycles. The van der Waals surface area contributed by atoms with Gasteiger partial charge in [-0.3, -0.25) is 18.6 Å². The van der Waals surface area contributed by atoms with E-state index in [0.717, 1.165) is 57.8 Å². The smallest absolute Gasteiger partial charge is 0.462 e. The van der Waals surface area contributed by atoms with Gasteiger partial charge in [-0.1, -0.05) is 172 Å². The highest BCUT2D eigenvalue weighted by Crippen LogP contribution is 2.43. The average Bonchev–Trinajstić information content (AvgIpc) is 3.17. The van der Waals surface area contributed by atoms with Crippen LogP contribution in [0.25, 0.3) is 0 Å². The van der Waals surface area contributed by atoms with Crippen LogP contribution < -0.4 is 5.73 Å². The van der Waals surface area contributed by atoms with E-state index in [4.69, 9.17) is 24.3 Å². The zero-order valence-corrected chi connectivity index (χ0v) is 36.0. The van der Waals surface area contributed by atoms with Gasteiger partial charge in [0, 0.05) is 19.4 Å². The largest absolute Gasteiger partial charge is 0.472 e. The second-order valence-corrected chi connectivity index (χ2v) is 16.0. The van der Waals surface area contributed by atoms with E-state index in [0.29, 0.717) is 6.42 Å². The molecule has 0 aliphatic rings. The molecule has 1 unspecified atom stereocenters. The van der Waals surface area contributed by atoms with Gasteiger partial charge >= 0.3 is 19.8 Å². The molecule has 0 saturated carbocycles. The highest BCUT2D eigenvalue weighted by Gasteiger charge is 2.26. The fourth-order valence-electron chi connectivity index (χ4n) is 5.91. The van der Waals surface area contributed by atoms with Crippen LogP contribution in [0.4, 0.5) is 0 Å². The summed E-state index contributed by atoms with van der Waals surface area (Å²) in [5.41, 5.74) is 5.35. The van der Waals surface area contributed by atoms with Crippen molar-refractivity contribution in [3.05, 3.63) is 48.6 Å². The fourth-order valence-corrected chi connectivity index (χ4v) is 6.68. The number of carbonyl (C=O) groups is 2. The topological polar surface area (TPSA) is 134 Å². The van der Waals surface area contributed by atoms with Gasteiger partial charge in [-0.15, -0.1) is 0 Å². The molecule has 0 heterocycles. The molecule has 0 aliphatic carbocycles. The lowest BCUT2D eigenvalue weighted by molar-refractivity contribution is -0.161. The van der Waals surface area contributed by atoms with Crippen LogP contribution in [0, 0.1) is 0 Å². The Morgan fingerprint density at radius 1 is 0.545 bits per heavy atom. The number of phosphoric acid groups is 1. The van der Waals surface area contributed by atoms with E-state index in [1.54, 1.807) is 0 Å². The molecule has 2 atom stereocenters. The summed E-state index contributed by atoms with van der Waals surface area (Å²) in [7, 11) is -4.39. The molecule has 0 bridgehead atoms. The number of nitrogens with two attached hydrogens (primary N) is 1. The first-order chi connectivity index (χ1) is 26.8. The molecule has 0 radical (unpaired) electrons. The van der Waals surface area contributed by atoms with Gasteiger partial charge in [0.25, 0.3) is 0 Å². The van der Waals surface area contributed by atoms with Gasteiger partial charge in [-0.2, -0.15) is 0 Å². The Kier molecular flexibility index (Phi) is 40.1. The van der Waals surface area contributed by atoms with Crippen molar-refractivity contribution in [2.45, 2.75) is 200 Å².